The fourth-order valence-electron chi connectivity index (χ4n) is 4.61. The van der Waals surface area contributed by atoms with Crippen LogP contribution in [0.2, 0.25) is 0 Å². The first-order valence-corrected chi connectivity index (χ1v) is 15.1. The number of ether oxygens (including phenoxy) is 1. The minimum Gasteiger partial charge on any atom is -0.497 e. The van der Waals surface area contributed by atoms with E-state index in [4.69, 9.17) is 24.5 Å². The first kappa shape index (κ1) is 41.9. The highest BCUT2D eigenvalue weighted by atomic mass is 19.4. The Bertz CT molecular complexity index is 1310. The first-order valence-electron chi connectivity index (χ1n) is 15.1. The van der Waals surface area contributed by atoms with E-state index in [9.17, 15) is 35.9 Å². The van der Waals surface area contributed by atoms with Gasteiger partial charge in [-0.1, -0.05) is 25.0 Å². The van der Waals surface area contributed by atoms with Gasteiger partial charge in [0.1, 0.15) is 17.4 Å². The lowest BCUT2D eigenvalue weighted by molar-refractivity contribution is -0.193. The lowest BCUT2D eigenvalue weighted by Gasteiger charge is -2.35. The van der Waals surface area contributed by atoms with E-state index in [2.05, 4.69) is 34.0 Å². The third kappa shape index (κ3) is 15.6. The maximum absolute atomic E-state index is 13.2. The second-order valence-corrected chi connectivity index (χ2v) is 11.3. The number of imidazole rings is 1. The number of carbonyl (C=O) groups is 4. The third-order valence-corrected chi connectivity index (χ3v) is 7.18. The summed E-state index contributed by atoms with van der Waals surface area (Å²) < 4.78 is 68.8. The second-order valence-electron chi connectivity index (χ2n) is 11.3. The zero-order chi connectivity index (χ0) is 36.7. The summed E-state index contributed by atoms with van der Waals surface area (Å²) in [6, 6.07) is 8.11. The van der Waals surface area contributed by atoms with E-state index in [1.54, 1.807) is 14.0 Å². The molecule has 11 nitrogen and oxygen atoms in total. The average molecular weight is 697 g/mol. The molecule has 1 aromatic heterocycles. The number of aromatic amines is 1. The molecule has 0 bridgehead atoms. The van der Waals surface area contributed by atoms with Gasteiger partial charge in [-0.3, -0.25) is 4.79 Å². The zero-order valence-electron chi connectivity index (χ0n) is 27.1. The van der Waals surface area contributed by atoms with E-state index in [0.717, 1.165) is 74.4 Å². The normalized spacial score (nSPS) is 15.7. The van der Waals surface area contributed by atoms with Crippen LogP contribution in [-0.4, -0.2) is 87.3 Å². The van der Waals surface area contributed by atoms with Crippen molar-refractivity contribution >= 4 is 23.6 Å². The summed E-state index contributed by atoms with van der Waals surface area (Å²) in [5.74, 6) is -3.61. The number of methoxy groups -OCH3 is 1. The number of nitrogens with one attached hydrogen (secondary N) is 2. The predicted molar refractivity (Wildman–Crippen MR) is 162 cm³/mol. The number of halogens is 6. The number of piperidine rings is 1. The Kier molecular flexibility index (Phi) is 17.1. The molecular formula is C31H42F6N4O7. The largest absolute Gasteiger partial charge is 0.497 e. The molecule has 3 rings (SSSR count). The fraction of sp³-hybridized carbons (Fsp3) is 0.581. The number of carboxylic acids is 2. The number of hydrogen-bond donors (Lipinski definition) is 4. The summed E-state index contributed by atoms with van der Waals surface area (Å²) in [7, 11) is 1.65. The number of amides is 1. The Morgan fingerprint density at radius 2 is 1.65 bits per heavy atom. The number of rotatable bonds is 12. The fourth-order valence-corrected chi connectivity index (χ4v) is 4.61. The van der Waals surface area contributed by atoms with Crippen LogP contribution in [0.25, 0.3) is 11.3 Å². The van der Waals surface area contributed by atoms with Crippen molar-refractivity contribution < 1.29 is 60.5 Å². The molecular weight excluding hydrogens is 654 g/mol. The van der Waals surface area contributed by atoms with Crippen molar-refractivity contribution in [1.29, 1.82) is 0 Å². The Labute approximate surface area is 274 Å². The molecule has 0 spiro atoms. The highest BCUT2D eigenvalue weighted by molar-refractivity contribution is 5.79. The second kappa shape index (κ2) is 19.6. The van der Waals surface area contributed by atoms with Crippen LogP contribution in [0.5, 0.6) is 5.75 Å². The zero-order valence-corrected chi connectivity index (χ0v) is 27.1. The molecule has 2 aromatic rings. The number of aromatic nitrogens is 2. The molecule has 0 aliphatic carbocycles. The smallest absolute Gasteiger partial charge is 0.490 e. The van der Waals surface area contributed by atoms with Crippen molar-refractivity contribution in [2.75, 3.05) is 20.2 Å². The molecule has 1 saturated heterocycles. The number of benzene rings is 1. The predicted octanol–water partition coefficient (Wildman–Crippen LogP) is 6.17. The SMILES string of the molecule is COc1cccc(-c2cnc([C@H](CCCCCC(C)=O)NC(=O)[C@H]3CCCN(C(C)C)C3)[nH]2)c1.O=C(O)C(F)(F)F.O=C(O)C(F)(F)F. The number of alkyl halides is 6. The molecule has 0 saturated carbocycles. The van der Waals surface area contributed by atoms with E-state index in [1.807, 2.05) is 30.5 Å². The van der Waals surface area contributed by atoms with Gasteiger partial charge in [-0.15, -0.1) is 0 Å². The number of nitrogens with zero attached hydrogens (tertiary/aromatic N) is 2. The standard InChI is InChI=1S/C27H40N4O3.2C2HF3O2/c1-19(2)31-15-9-12-22(18-31)27(33)30-24(14-7-5-6-10-20(3)32)26-28-17-25(29-26)21-11-8-13-23(16-21)34-4;2*3-2(4,5)1(6)7/h8,11,13,16-17,19,22,24H,5-7,9-10,12,14-15,18H2,1-4H3,(H,28,29)(H,30,33);2*(H,6,7)/t22-,24-;;/m0../s1. The molecule has 1 aliphatic rings. The van der Waals surface area contributed by atoms with Crippen LogP contribution in [0.15, 0.2) is 30.5 Å². The van der Waals surface area contributed by atoms with Crippen molar-refractivity contribution in [3.8, 4) is 17.0 Å². The third-order valence-electron chi connectivity index (χ3n) is 7.18. The molecule has 1 fully saturated rings. The highest BCUT2D eigenvalue weighted by Crippen LogP contribution is 2.27. The molecule has 1 aromatic carbocycles. The van der Waals surface area contributed by atoms with Gasteiger partial charge in [-0.2, -0.15) is 26.3 Å². The number of likely N-dealkylation sites (tertiary alicyclic amines) is 1. The van der Waals surface area contributed by atoms with Crippen LogP contribution in [0, 0.1) is 5.92 Å². The number of Topliss-reactive ketones (excluding diaryl/α,β-unsaturated/α-hetero) is 1. The number of carbonyl (C=O) groups excluding carboxylic acids is 2. The van der Waals surface area contributed by atoms with Crippen molar-refractivity contribution in [1.82, 2.24) is 20.2 Å². The molecule has 4 N–H and O–H groups in total. The van der Waals surface area contributed by atoms with Gasteiger partial charge in [0.05, 0.1) is 31.0 Å². The van der Waals surface area contributed by atoms with Crippen molar-refractivity contribution in [3.05, 3.63) is 36.3 Å². The maximum Gasteiger partial charge on any atom is 0.490 e. The van der Waals surface area contributed by atoms with E-state index >= 15 is 0 Å². The molecule has 2 heterocycles. The monoisotopic (exact) mass is 696 g/mol. The van der Waals surface area contributed by atoms with Crippen molar-refractivity contribution in [2.24, 2.45) is 5.92 Å². The summed E-state index contributed by atoms with van der Waals surface area (Å²) >= 11 is 0. The molecule has 1 aliphatic heterocycles. The van der Waals surface area contributed by atoms with E-state index in [-0.39, 0.29) is 23.7 Å². The minimum atomic E-state index is -5.08. The maximum atomic E-state index is 13.2. The van der Waals surface area contributed by atoms with Crippen LogP contribution in [0.4, 0.5) is 26.3 Å². The molecule has 1 amide bonds. The van der Waals surface area contributed by atoms with Crippen molar-refractivity contribution in [2.45, 2.75) is 90.2 Å². The first-order chi connectivity index (χ1) is 22.3. The Balaban J connectivity index is 0.000000687. The topological polar surface area (TPSA) is 162 Å². The highest BCUT2D eigenvalue weighted by Gasteiger charge is 2.39. The lowest BCUT2D eigenvalue weighted by atomic mass is 9.95. The van der Waals surface area contributed by atoms with E-state index < -0.39 is 24.3 Å². The number of ketones is 1. The van der Waals surface area contributed by atoms with Gasteiger partial charge in [-0.05, 0) is 65.1 Å². The Morgan fingerprint density at radius 1 is 1.04 bits per heavy atom. The van der Waals surface area contributed by atoms with Gasteiger partial charge < -0.3 is 34.9 Å². The van der Waals surface area contributed by atoms with Crippen LogP contribution < -0.4 is 10.1 Å². The van der Waals surface area contributed by atoms with E-state index in [0.29, 0.717) is 12.5 Å². The van der Waals surface area contributed by atoms with Crippen LogP contribution >= 0.6 is 0 Å². The summed E-state index contributed by atoms with van der Waals surface area (Å²) in [6.45, 7) is 7.88. The number of hydrogen-bond acceptors (Lipinski definition) is 7. The molecule has 0 radical (unpaired) electrons. The van der Waals surface area contributed by atoms with Gasteiger partial charge in [0.25, 0.3) is 0 Å². The van der Waals surface area contributed by atoms with Crippen molar-refractivity contribution in [3.63, 3.8) is 0 Å². The van der Waals surface area contributed by atoms with Gasteiger partial charge in [0, 0.05) is 24.6 Å². The number of carboxylic acid groups (broad SMARTS) is 2. The average Bonchev–Trinajstić information content (AvgIpc) is 3.50. The molecule has 2 atom stereocenters. The number of H-pyrrole nitrogens is 1. The Morgan fingerprint density at radius 3 is 2.17 bits per heavy atom. The van der Waals surface area contributed by atoms with Crippen LogP contribution in [0.3, 0.4) is 0 Å². The number of unbranched alkanes of at least 4 members (excludes halogenated alkanes) is 2. The van der Waals surface area contributed by atoms with Gasteiger partial charge >= 0.3 is 24.3 Å². The molecule has 17 heteroatoms. The van der Waals surface area contributed by atoms with Crippen LogP contribution in [0.1, 0.15) is 77.6 Å². The summed E-state index contributed by atoms with van der Waals surface area (Å²) in [5.41, 5.74) is 1.89. The number of aliphatic carboxylic acids is 2. The summed E-state index contributed by atoms with van der Waals surface area (Å²) in [6.07, 6.45) is -2.20. The molecule has 48 heavy (non-hydrogen) atoms. The Hall–Kier alpha value is -4.15. The summed E-state index contributed by atoms with van der Waals surface area (Å²) in [5, 5.41) is 17.5. The van der Waals surface area contributed by atoms with Crippen LogP contribution in [-0.2, 0) is 19.2 Å². The quantitative estimate of drug-likeness (QED) is 0.150. The van der Waals surface area contributed by atoms with Gasteiger partial charge in [-0.25, -0.2) is 14.6 Å². The van der Waals surface area contributed by atoms with Gasteiger partial charge in [0.15, 0.2) is 0 Å². The molecule has 270 valence electrons. The molecule has 0 unspecified atom stereocenters. The lowest BCUT2D eigenvalue weighted by Crippen LogP contribution is -2.46. The minimum absolute atomic E-state index is 0.00387. The summed E-state index contributed by atoms with van der Waals surface area (Å²) in [4.78, 5) is 52.8. The van der Waals surface area contributed by atoms with E-state index in [1.165, 1.54) is 0 Å². The van der Waals surface area contributed by atoms with Gasteiger partial charge in [0.2, 0.25) is 5.91 Å².